The molecule has 0 heterocycles. The van der Waals surface area contributed by atoms with Crippen LogP contribution in [0.4, 0.5) is 0 Å². The maximum Gasteiger partial charge on any atom is 0.342 e. The van der Waals surface area contributed by atoms with Crippen LogP contribution in [0.1, 0.15) is 22.8 Å². The van der Waals surface area contributed by atoms with Crippen molar-refractivity contribution in [2.45, 2.75) is 19.6 Å². The van der Waals surface area contributed by atoms with Gasteiger partial charge in [-0.1, -0.05) is 36.4 Å². The van der Waals surface area contributed by atoms with E-state index in [1.165, 1.54) is 26.2 Å². The summed E-state index contributed by atoms with van der Waals surface area (Å²) < 4.78 is 10.0. The zero-order chi connectivity index (χ0) is 17.5. The monoisotopic (exact) mass is 329 g/mol. The third kappa shape index (κ3) is 4.25. The molecule has 24 heavy (non-hydrogen) atoms. The summed E-state index contributed by atoms with van der Waals surface area (Å²) in [7, 11) is 1.38. The van der Waals surface area contributed by atoms with Crippen LogP contribution in [0.15, 0.2) is 48.5 Å². The van der Waals surface area contributed by atoms with Crippen LogP contribution in [0.2, 0.25) is 0 Å². The molecule has 0 bridgehead atoms. The Morgan fingerprint density at radius 1 is 1.12 bits per heavy atom. The lowest BCUT2D eigenvalue weighted by atomic mass is 10.2. The van der Waals surface area contributed by atoms with E-state index in [-0.39, 0.29) is 17.1 Å². The molecule has 1 unspecified atom stereocenters. The van der Waals surface area contributed by atoms with Crippen molar-refractivity contribution in [2.24, 2.45) is 0 Å². The van der Waals surface area contributed by atoms with Crippen LogP contribution in [0.25, 0.3) is 0 Å². The number of benzene rings is 2. The van der Waals surface area contributed by atoms with Crippen LogP contribution in [-0.4, -0.2) is 30.2 Å². The molecule has 2 N–H and O–H groups in total. The van der Waals surface area contributed by atoms with Gasteiger partial charge in [0.1, 0.15) is 5.56 Å². The van der Waals surface area contributed by atoms with Gasteiger partial charge in [-0.3, -0.25) is 4.79 Å². The second-order valence-electron chi connectivity index (χ2n) is 5.11. The predicted octanol–water partition coefficient (Wildman–Crippen LogP) is 2.26. The number of phenols is 1. The van der Waals surface area contributed by atoms with E-state index in [0.29, 0.717) is 6.54 Å². The van der Waals surface area contributed by atoms with Crippen molar-refractivity contribution in [3.63, 3.8) is 0 Å². The van der Waals surface area contributed by atoms with Gasteiger partial charge < -0.3 is 19.9 Å². The molecule has 2 aromatic carbocycles. The number of rotatable bonds is 6. The Morgan fingerprint density at radius 2 is 1.83 bits per heavy atom. The van der Waals surface area contributed by atoms with E-state index in [4.69, 9.17) is 9.47 Å². The van der Waals surface area contributed by atoms with Gasteiger partial charge in [0.25, 0.3) is 5.91 Å². The number of nitrogens with one attached hydrogen (secondary N) is 1. The molecular formula is C18H19NO5. The number of phenolic OH excluding ortho intramolecular Hbond substituents is 1. The number of amides is 1. The number of esters is 1. The molecule has 0 aliphatic rings. The van der Waals surface area contributed by atoms with Crippen LogP contribution in [0.3, 0.4) is 0 Å². The Hall–Kier alpha value is -3.02. The van der Waals surface area contributed by atoms with Gasteiger partial charge in [-0.05, 0) is 24.6 Å². The number of methoxy groups -OCH3 is 1. The van der Waals surface area contributed by atoms with E-state index < -0.39 is 18.0 Å². The molecule has 6 nitrogen and oxygen atoms in total. The lowest BCUT2D eigenvalue weighted by Crippen LogP contribution is -2.35. The standard InChI is InChI=1S/C18H19NO5/c1-12(17(21)19-11-13-7-4-3-5-8-13)24-18(22)14-9-6-10-15(23-2)16(14)20/h3-10,12,20H,11H2,1-2H3,(H,19,21). The predicted molar refractivity (Wildman–Crippen MR) is 87.8 cm³/mol. The van der Waals surface area contributed by atoms with Gasteiger partial charge in [-0.2, -0.15) is 0 Å². The first kappa shape index (κ1) is 17.3. The topological polar surface area (TPSA) is 84.9 Å². The SMILES string of the molecule is COc1cccc(C(=O)OC(C)C(=O)NCc2ccccc2)c1O. The Bertz CT molecular complexity index is 715. The zero-order valence-electron chi connectivity index (χ0n) is 13.5. The molecular weight excluding hydrogens is 310 g/mol. The van der Waals surface area contributed by atoms with Crippen molar-refractivity contribution in [2.75, 3.05) is 7.11 Å². The smallest absolute Gasteiger partial charge is 0.342 e. The quantitative estimate of drug-likeness (QED) is 0.794. The van der Waals surface area contributed by atoms with Crippen molar-refractivity contribution >= 4 is 11.9 Å². The normalized spacial score (nSPS) is 11.4. The number of ether oxygens (including phenoxy) is 2. The van der Waals surface area contributed by atoms with Crippen molar-refractivity contribution in [1.29, 1.82) is 0 Å². The highest BCUT2D eigenvalue weighted by atomic mass is 16.5. The van der Waals surface area contributed by atoms with Crippen LogP contribution in [0.5, 0.6) is 11.5 Å². The maximum atomic E-state index is 12.1. The fraction of sp³-hybridized carbons (Fsp3) is 0.222. The lowest BCUT2D eigenvalue weighted by molar-refractivity contribution is -0.129. The molecule has 2 aromatic rings. The highest BCUT2D eigenvalue weighted by Crippen LogP contribution is 2.29. The van der Waals surface area contributed by atoms with Gasteiger partial charge in [0.05, 0.1) is 7.11 Å². The van der Waals surface area contributed by atoms with Crippen LogP contribution in [-0.2, 0) is 16.1 Å². The second-order valence-corrected chi connectivity index (χ2v) is 5.11. The van der Waals surface area contributed by atoms with Gasteiger partial charge in [0.15, 0.2) is 17.6 Å². The van der Waals surface area contributed by atoms with Crippen molar-refractivity contribution < 1.29 is 24.2 Å². The molecule has 2 rings (SSSR count). The molecule has 0 fully saturated rings. The van der Waals surface area contributed by atoms with Crippen molar-refractivity contribution in [1.82, 2.24) is 5.32 Å². The zero-order valence-corrected chi connectivity index (χ0v) is 13.5. The number of hydrogen-bond acceptors (Lipinski definition) is 5. The minimum atomic E-state index is -0.994. The molecule has 0 aliphatic heterocycles. The molecule has 0 aliphatic carbocycles. The molecule has 0 saturated carbocycles. The van der Waals surface area contributed by atoms with E-state index in [1.807, 2.05) is 30.3 Å². The first-order valence-corrected chi connectivity index (χ1v) is 7.41. The highest BCUT2D eigenvalue weighted by molar-refractivity contribution is 5.95. The molecule has 0 saturated heterocycles. The van der Waals surface area contributed by atoms with Gasteiger partial charge in [-0.15, -0.1) is 0 Å². The molecule has 0 radical (unpaired) electrons. The van der Waals surface area contributed by atoms with E-state index in [2.05, 4.69) is 5.32 Å². The highest BCUT2D eigenvalue weighted by Gasteiger charge is 2.22. The molecule has 0 spiro atoms. The maximum absolute atomic E-state index is 12.1. The van der Waals surface area contributed by atoms with E-state index >= 15 is 0 Å². The Kier molecular flexibility index (Phi) is 5.78. The van der Waals surface area contributed by atoms with Gasteiger partial charge in [0, 0.05) is 6.54 Å². The largest absolute Gasteiger partial charge is 0.504 e. The molecule has 6 heteroatoms. The molecule has 0 aromatic heterocycles. The van der Waals surface area contributed by atoms with Crippen molar-refractivity contribution in [3.8, 4) is 11.5 Å². The molecule has 1 amide bonds. The summed E-state index contributed by atoms with van der Waals surface area (Å²) in [4.78, 5) is 24.1. The summed E-state index contributed by atoms with van der Waals surface area (Å²) in [6.07, 6.45) is -0.994. The first-order chi connectivity index (χ1) is 11.5. The van der Waals surface area contributed by atoms with Crippen molar-refractivity contribution in [3.05, 3.63) is 59.7 Å². The number of aromatic hydroxyl groups is 1. The summed E-state index contributed by atoms with van der Waals surface area (Å²) >= 11 is 0. The summed E-state index contributed by atoms with van der Waals surface area (Å²) in [6.45, 7) is 1.81. The Labute approximate surface area is 140 Å². The molecule has 1 atom stereocenters. The third-order valence-electron chi connectivity index (χ3n) is 3.40. The molecule has 126 valence electrons. The van der Waals surface area contributed by atoms with E-state index in [1.54, 1.807) is 6.07 Å². The first-order valence-electron chi connectivity index (χ1n) is 7.41. The van der Waals surface area contributed by atoms with E-state index in [0.717, 1.165) is 5.56 Å². The fourth-order valence-corrected chi connectivity index (χ4v) is 2.06. The average Bonchev–Trinajstić information content (AvgIpc) is 2.60. The average molecular weight is 329 g/mol. The number of para-hydroxylation sites is 1. The number of carbonyl (C=O) groups excluding carboxylic acids is 2. The minimum Gasteiger partial charge on any atom is -0.504 e. The summed E-state index contributed by atoms with van der Waals surface area (Å²) in [5.74, 6) is -1.38. The van der Waals surface area contributed by atoms with Crippen LogP contribution >= 0.6 is 0 Å². The van der Waals surface area contributed by atoms with Crippen LogP contribution in [0, 0.1) is 0 Å². The third-order valence-corrected chi connectivity index (χ3v) is 3.40. The van der Waals surface area contributed by atoms with E-state index in [9.17, 15) is 14.7 Å². The summed E-state index contributed by atoms with van der Waals surface area (Å²) in [5, 5.41) is 12.6. The second kappa shape index (κ2) is 8.01. The van der Waals surface area contributed by atoms with Gasteiger partial charge >= 0.3 is 5.97 Å². The van der Waals surface area contributed by atoms with Crippen LogP contribution < -0.4 is 10.1 Å². The minimum absolute atomic E-state index is 0.0583. The number of carbonyl (C=O) groups is 2. The number of hydrogen-bond donors (Lipinski definition) is 2. The Morgan fingerprint density at radius 3 is 2.50 bits per heavy atom. The summed E-state index contributed by atoms with van der Waals surface area (Å²) in [6, 6.07) is 13.9. The fourth-order valence-electron chi connectivity index (χ4n) is 2.06. The Balaban J connectivity index is 1.95. The van der Waals surface area contributed by atoms with Gasteiger partial charge in [0.2, 0.25) is 0 Å². The lowest BCUT2D eigenvalue weighted by Gasteiger charge is -2.14. The van der Waals surface area contributed by atoms with Gasteiger partial charge in [-0.25, -0.2) is 4.79 Å². The summed E-state index contributed by atoms with van der Waals surface area (Å²) in [5.41, 5.74) is 0.881.